The van der Waals surface area contributed by atoms with Crippen molar-refractivity contribution in [3.8, 4) is 5.75 Å². The second-order valence-electron chi connectivity index (χ2n) is 6.54. The van der Waals surface area contributed by atoms with Gasteiger partial charge in [0.05, 0.1) is 15.6 Å². The quantitative estimate of drug-likeness (QED) is 0.809. The van der Waals surface area contributed by atoms with E-state index in [-0.39, 0.29) is 11.0 Å². The number of nitrogens with one attached hydrogen (secondary N) is 1. The van der Waals surface area contributed by atoms with Crippen molar-refractivity contribution in [2.24, 2.45) is 0 Å². The summed E-state index contributed by atoms with van der Waals surface area (Å²) in [6.45, 7) is 3.83. The van der Waals surface area contributed by atoms with Gasteiger partial charge in [-0.3, -0.25) is 4.72 Å². The highest BCUT2D eigenvalue weighted by atomic mass is 35.5. The van der Waals surface area contributed by atoms with Crippen molar-refractivity contribution in [2.75, 3.05) is 24.9 Å². The maximum absolute atomic E-state index is 12.6. The number of anilines is 1. The summed E-state index contributed by atoms with van der Waals surface area (Å²) < 4.78 is 33.7. The van der Waals surface area contributed by atoms with Crippen LogP contribution in [0.3, 0.4) is 0 Å². The molecule has 2 aromatic rings. The molecular formula is C19H23ClN2O3S. The largest absolute Gasteiger partial charge is 0.487 e. The minimum absolute atomic E-state index is 0.0611. The van der Waals surface area contributed by atoms with E-state index < -0.39 is 10.0 Å². The number of likely N-dealkylation sites (tertiary alicyclic amines) is 1. The van der Waals surface area contributed by atoms with Crippen LogP contribution in [0.25, 0.3) is 0 Å². The normalized spacial score (nSPS) is 18.0. The molecule has 5 nitrogen and oxygen atoms in total. The number of nitrogens with zero attached hydrogens (tertiary/aromatic N) is 1. The Morgan fingerprint density at radius 2 is 1.96 bits per heavy atom. The summed E-state index contributed by atoms with van der Waals surface area (Å²) >= 11 is 6.22. The highest BCUT2D eigenvalue weighted by molar-refractivity contribution is 7.92. The van der Waals surface area contributed by atoms with E-state index in [2.05, 4.69) is 9.62 Å². The Morgan fingerprint density at radius 1 is 1.23 bits per heavy atom. The van der Waals surface area contributed by atoms with Crippen LogP contribution >= 0.6 is 11.6 Å². The molecule has 1 fully saturated rings. The van der Waals surface area contributed by atoms with Gasteiger partial charge in [0, 0.05) is 19.2 Å². The van der Waals surface area contributed by atoms with Gasteiger partial charge in [0.2, 0.25) is 0 Å². The van der Waals surface area contributed by atoms with Gasteiger partial charge >= 0.3 is 0 Å². The van der Waals surface area contributed by atoms with Crippen LogP contribution in [0.5, 0.6) is 5.75 Å². The average Bonchev–Trinajstić information content (AvgIpc) is 3.02. The van der Waals surface area contributed by atoms with Gasteiger partial charge in [0.1, 0.15) is 11.9 Å². The lowest BCUT2D eigenvalue weighted by Gasteiger charge is -2.16. The minimum Gasteiger partial charge on any atom is -0.487 e. The fraction of sp³-hybridized carbons (Fsp3) is 0.368. The third-order valence-electron chi connectivity index (χ3n) is 4.47. The second kappa shape index (κ2) is 7.86. The van der Waals surface area contributed by atoms with Gasteiger partial charge in [-0.2, -0.15) is 0 Å². The van der Waals surface area contributed by atoms with Crippen LogP contribution in [0.15, 0.2) is 47.4 Å². The van der Waals surface area contributed by atoms with E-state index >= 15 is 0 Å². The number of sulfonamides is 1. The Hall–Kier alpha value is -1.76. The molecule has 7 heteroatoms. The van der Waals surface area contributed by atoms with E-state index in [9.17, 15) is 8.42 Å². The number of hydrogen-bond acceptors (Lipinski definition) is 4. The highest BCUT2D eigenvalue weighted by Crippen LogP contribution is 2.31. The number of rotatable bonds is 6. The molecule has 0 spiro atoms. The lowest BCUT2D eigenvalue weighted by Crippen LogP contribution is -2.21. The average molecular weight is 395 g/mol. The second-order valence-corrected chi connectivity index (χ2v) is 8.63. The fourth-order valence-corrected chi connectivity index (χ4v) is 4.16. The Kier molecular flexibility index (Phi) is 5.75. The van der Waals surface area contributed by atoms with Crippen LogP contribution < -0.4 is 9.46 Å². The van der Waals surface area contributed by atoms with E-state index in [1.54, 1.807) is 30.3 Å². The molecule has 0 radical (unpaired) electrons. The molecule has 140 valence electrons. The molecule has 1 N–H and O–H groups in total. The van der Waals surface area contributed by atoms with E-state index in [1.165, 1.54) is 0 Å². The first-order valence-electron chi connectivity index (χ1n) is 8.64. The number of likely N-dealkylation sites (N-methyl/N-ethyl adjacent to an activating group) is 1. The third kappa shape index (κ3) is 4.50. The summed E-state index contributed by atoms with van der Waals surface area (Å²) in [6, 6.07) is 11.8. The summed E-state index contributed by atoms with van der Waals surface area (Å²) in [5.74, 6) is 0.494. The first-order valence-corrected chi connectivity index (χ1v) is 10.5. The summed E-state index contributed by atoms with van der Waals surface area (Å²) in [6.07, 6.45) is 1.85. The molecule has 1 heterocycles. The smallest absolute Gasteiger partial charge is 0.261 e. The zero-order valence-corrected chi connectivity index (χ0v) is 16.5. The van der Waals surface area contributed by atoms with E-state index in [1.807, 2.05) is 26.1 Å². The van der Waals surface area contributed by atoms with Crippen molar-refractivity contribution in [3.63, 3.8) is 0 Å². The molecule has 0 aliphatic carbocycles. The predicted molar refractivity (Wildman–Crippen MR) is 105 cm³/mol. The Balaban J connectivity index is 1.77. The molecule has 0 amide bonds. The van der Waals surface area contributed by atoms with Gasteiger partial charge in [-0.05, 0) is 49.7 Å². The molecule has 0 aromatic heterocycles. The Labute approximate surface area is 160 Å². The number of ether oxygens (including phenoxy) is 1. The van der Waals surface area contributed by atoms with Crippen LogP contribution in [-0.4, -0.2) is 39.6 Å². The SMILES string of the molecule is CCc1ccc(S(=O)(=O)Nc2ccc(Cl)c(OC3CCN(C)C3)c2)cc1. The predicted octanol–water partition coefficient (Wildman–Crippen LogP) is 3.79. The van der Waals surface area contributed by atoms with Crippen molar-refractivity contribution in [2.45, 2.75) is 30.8 Å². The fourth-order valence-electron chi connectivity index (χ4n) is 2.95. The molecule has 2 aromatic carbocycles. The minimum atomic E-state index is -3.66. The first kappa shape index (κ1) is 19.0. The molecule has 0 saturated carbocycles. The van der Waals surface area contributed by atoms with Crippen LogP contribution in [0.4, 0.5) is 5.69 Å². The van der Waals surface area contributed by atoms with E-state index in [0.29, 0.717) is 16.5 Å². The maximum atomic E-state index is 12.6. The van der Waals surface area contributed by atoms with Crippen LogP contribution in [0.1, 0.15) is 18.9 Å². The van der Waals surface area contributed by atoms with Crippen molar-refractivity contribution >= 4 is 27.3 Å². The molecule has 3 rings (SSSR count). The zero-order chi connectivity index (χ0) is 18.7. The zero-order valence-electron chi connectivity index (χ0n) is 14.9. The molecule has 1 atom stereocenters. The third-order valence-corrected chi connectivity index (χ3v) is 6.18. The van der Waals surface area contributed by atoms with Crippen LogP contribution in [0, 0.1) is 0 Å². The van der Waals surface area contributed by atoms with Crippen molar-refractivity contribution < 1.29 is 13.2 Å². The lowest BCUT2D eigenvalue weighted by atomic mass is 10.2. The van der Waals surface area contributed by atoms with E-state index in [0.717, 1.165) is 31.5 Å². The number of hydrogen-bond donors (Lipinski definition) is 1. The van der Waals surface area contributed by atoms with E-state index in [4.69, 9.17) is 16.3 Å². The molecule has 26 heavy (non-hydrogen) atoms. The Bertz CT molecular complexity index is 869. The van der Waals surface area contributed by atoms with Gasteiger partial charge in [-0.1, -0.05) is 30.7 Å². The van der Waals surface area contributed by atoms with Gasteiger partial charge in [0.25, 0.3) is 10.0 Å². The Morgan fingerprint density at radius 3 is 2.58 bits per heavy atom. The van der Waals surface area contributed by atoms with Crippen molar-refractivity contribution in [1.82, 2.24) is 4.90 Å². The topological polar surface area (TPSA) is 58.6 Å². The van der Waals surface area contributed by atoms with Gasteiger partial charge in [0.15, 0.2) is 0 Å². The number of halogens is 1. The molecular weight excluding hydrogens is 372 g/mol. The van der Waals surface area contributed by atoms with Gasteiger partial charge < -0.3 is 9.64 Å². The molecule has 1 unspecified atom stereocenters. The molecule has 1 aliphatic rings. The lowest BCUT2D eigenvalue weighted by molar-refractivity contribution is 0.208. The molecule has 0 bridgehead atoms. The highest BCUT2D eigenvalue weighted by Gasteiger charge is 2.22. The van der Waals surface area contributed by atoms with Crippen LogP contribution in [0.2, 0.25) is 5.02 Å². The number of aryl methyl sites for hydroxylation is 1. The maximum Gasteiger partial charge on any atom is 0.261 e. The van der Waals surface area contributed by atoms with Crippen molar-refractivity contribution in [3.05, 3.63) is 53.1 Å². The van der Waals surface area contributed by atoms with Crippen molar-refractivity contribution in [1.29, 1.82) is 0 Å². The van der Waals surface area contributed by atoms with Gasteiger partial charge in [-0.15, -0.1) is 0 Å². The van der Waals surface area contributed by atoms with Gasteiger partial charge in [-0.25, -0.2) is 8.42 Å². The monoisotopic (exact) mass is 394 g/mol. The number of benzene rings is 2. The molecule has 1 saturated heterocycles. The summed E-state index contributed by atoms with van der Waals surface area (Å²) in [7, 11) is -1.62. The first-order chi connectivity index (χ1) is 12.4. The van der Waals surface area contributed by atoms with Crippen LogP contribution in [-0.2, 0) is 16.4 Å². The summed E-state index contributed by atoms with van der Waals surface area (Å²) in [4.78, 5) is 2.41. The summed E-state index contributed by atoms with van der Waals surface area (Å²) in [5, 5.41) is 0.467. The summed E-state index contributed by atoms with van der Waals surface area (Å²) in [5.41, 5.74) is 1.52. The molecule has 1 aliphatic heterocycles. The standard InChI is InChI=1S/C19H23ClN2O3S/c1-3-14-4-7-17(8-5-14)26(23,24)21-15-6-9-18(20)19(12-15)25-16-10-11-22(2)13-16/h4-9,12,16,21H,3,10-11,13H2,1-2H3.